The zero-order valence-corrected chi connectivity index (χ0v) is 30.2. The topological polar surface area (TPSA) is 0 Å². The fraction of sp³-hybridized carbons (Fsp3) is 0.0980. The maximum Gasteiger partial charge on any atom is 0.0443 e. The molecular formula is C51H36S. The van der Waals surface area contributed by atoms with Crippen LogP contribution in [0.15, 0.2) is 146 Å². The first-order chi connectivity index (χ1) is 25.6. The van der Waals surface area contributed by atoms with Gasteiger partial charge in [-0.05, 0) is 113 Å². The minimum atomic E-state index is -0.111. The minimum absolute atomic E-state index is 0.111. The highest BCUT2D eigenvalue weighted by Crippen LogP contribution is 2.57. The summed E-state index contributed by atoms with van der Waals surface area (Å²) < 4.78 is 2.77. The number of hydrogen-bond acceptors (Lipinski definition) is 1. The molecule has 0 saturated heterocycles. The van der Waals surface area contributed by atoms with Crippen molar-refractivity contribution in [2.45, 2.75) is 32.1 Å². The SMILES string of the molecule is CC1(C)c2ccc(-c3cccc(-c4c5c(c(-c6ccccc6)c6ccccc46)=CCCC=5)c3)cc2-c2c1c1ccccc1c1c2sc2ccccc21. The Morgan fingerprint density at radius 3 is 1.79 bits per heavy atom. The molecule has 0 atom stereocenters. The first kappa shape index (κ1) is 29.9. The molecule has 0 fully saturated rings. The van der Waals surface area contributed by atoms with Crippen LogP contribution in [0.5, 0.6) is 0 Å². The summed E-state index contributed by atoms with van der Waals surface area (Å²) in [6, 6.07) is 54.6. The Morgan fingerprint density at radius 1 is 0.462 bits per heavy atom. The summed E-state index contributed by atoms with van der Waals surface area (Å²) in [5, 5.41) is 10.9. The molecule has 52 heavy (non-hydrogen) atoms. The van der Waals surface area contributed by atoms with E-state index >= 15 is 0 Å². The third kappa shape index (κ3) is 4.15. The smallest absolute Gasteiger partial charge is 0.0443 e. The van der Waals surface area contributed by atoms with Crippen molar-refractivity contribution in [2.75, 3.05) is 0 Å². The molecule has 0 N–H and O–H groups in total. The van der Waals surface area contributed by atoms with Crippen molar-refractivity contribution in [1.29, 1.82) is 0 Å². The van der Waals surface area contributed by atoms with Gasteiger partial charge in [-0.15, -0.1) is 11.3 Å². The summed E-state index contributed by atoms with van der Waals surface area (Å²) in [7, 11) is 0. The van der Waals surface area contributed by atoms with Gasteiger partial charge in [0.25, 0.3) is 0 Å². The lowest BCUT2D eigenvalue weighted by molar-refractivity contribution is 0.666. The molecule has 0 nitrogen and oxygen atoms in total. The number of hydrogen-bond donors (Lipinski definition) is 0. The van der Waals surface area contributed by atoms with Crippen LogP contribution >= 0.6 is 11.3 Å². The fourth-order valence-corrected chi connectivity index (χ4v) is 10.9. The number of benzene rings is 8. The van der Waals surface area contributed by atoms with Gasteiger partial charge in [-0.1, -0.05) is 153 Å². The molecule has 0 unspecified atom stereocenters. The molecule has 9 aromatic rings. The van der Waals surface area contributed by atoms with E-state index in [1.54, 1.807) is 0 Å². The summed E-state index contributed by atoms with van der Waals surface area (Å²) in [6.07, 6.45) is 7.08. The molecule has 1 heteroatoms. The first-order valence-corrected chi connectivity index (χ1v) is 19.3. The number of thiophene rings is 1. The summed E-state index contributed by atoms with van der Waals surface area (Å²) in [6.45, 7) is 4.84. The van der Waals surface area contributed by atoms with Crippen LogP contribution in [0.4, 0.5) is 0 Å². The van der Waals surface area contributed by atoms with Gasteiger partial charge in [0.05, 0.1) is 0 Å². The average Bonchev–Trinajstić information content (AvgIpc) is 3.70. The van der Waals surface area contributed by atoms with Crippen LogP contribution in [-0.2, 0) is 5.41 Å². The average molecular weight is 681 g/mol. The van der Waals surface area contributed by atoms with E-state index in [0.717, 1.165) is 12.8 Å². The van der Waals surface area contributed by atoms with E-state index in [1.165, 1.54) is 108 Å². The molecular weight excluding hydrogens is 645 g/mol. The summed E-state index contributed by atoms with van der Waals surface area (Å²) >= 11 is 1.95. The zero-order chi connectivity index (χ0) is 34.6. The van der Waals surface area contributed by atoms with Crippen molar-refractivity contribution in [2.24, 2.45) is 0 Å². The molecule has 1 aromatic heterocycles. The van der Waals surface area contributed by atoms with Gasteiger partial charge in [-0.3, -0.25) is 0 Å². The lowest BCUT2D eigenvalue weighted by Crippen LogP contribution is -2.31. The highest BCUT2D eigenvalue weighted by Gasteiger charge is 2.39. The van der Waals surface area contributed by atoms with Crippen LogP contribution in [0.3, 0.4) is 0 Å². The molecule has 11 rings (SSSR count). The van der Waals surface area contributed by atoms with Crippen molar-refractivity contribution in [3.8, 4) is 44.5 Å². The van der Waals surface area contributed by atoms with Crippen LogP contribution in [0.1, 0.15) is 37.8 Å². The first-order valence-electron chi connectivity index (χ1n) is 18.5. The Hall–Kier alpha value is -5.76. The van der Waals surface area contributed by atoms with Crippen LogP contribution in [0.2, 0.25) is 0 Å². The van der Waals surface area contributed by atoms with E-state index in [1.807, 2.05) is 11.3 Å². The summed E-state index contributed by atoms with van der Waals surface area (Å²) in [4.78, 5) is 0. The monoisotopic (exact) mass is 680 g/mol. The second-order valence-corrected chi connectivity index (χ2v) is 16.1. The minimum Gasteiger partial charge on any atom is -0.134 e. The van der Waals surface area contributed by atoms with E-state index in [0.29, 0.717) is 0 Å². The Morgan fingerprint density at radius 2 is 1.04 bits per heavy atom. The van der Waals surface area contributed by atoms with Crippen LogP contribution in [-0.4, -0.2) is 0 Å². The lowest BCUT2D eigenvalue weighted by Gasteiger charge is -2.23. The molecule has 0 bridgehead atoms. The standard InChI is InChI=1S/C51H36S/c1-51(2)43-28-27-33(30-42(43)48-49(51)40-24-11-10-23-39(40)47-41-25-12-13-26-44(41)52-50(47)48)32-17-14-18-34(29-32)46-37-21-8-6-19-35(37)45(31-15-4-3-5-16-31)36-20-7-9-22-38(36)46/h3-6,8,10-30H,7,9H2,1-2H3. The lowest BCUT2D eigenvalue weighted by atomic mass is 9.79. The van der Waals surface area contributed by atoms with Crippen molar-refractivity contribution < 1.29 is 0 Å². The molecule has 0 amide bonds. The van der Waals surface area contributed by atoms with Crippen molar-refractivity contribution in [3.05, 3.63) is 167 Å². The summed E-state index contributed by atoms with van der Waals surface area (Å²) in [5.74, 6) is 0. The Bertz CT molecular complexity index is 3080. The quantitative estimate of drug-likeness (QED) is 0.174. The number of fused-ring (bicyclic) bond motifs is 12. The van der Waals surface area contributed by atoms with Crippen molar-refractivity contribution >= 4 is 65.2 Å². The second kappa shape index (κ2) is 11.1. The zero-order valence-electron chi connectivity index (χ0n) is 29.3. The predicted molar refractivity (Wildman–Crippen MR) is 226 cm³/mol. The van der Waals surface area contributed by atoms with E-state index in [4.69, 9.17) is 0 Å². The van der Waals surface area contributed by atoms with Gasteiger partial charge in [-0.2, -0.15) is 0 Å². The van der Waals surface area contributed by atoms with Gasteiger partial charge in [0.1, 0.15) is 0 Å². The van der Waals surface area contributed by atoms with Crippen molar-refractivity contribution in [1.82, 2.24) is 0 Å². The highest BCUT2D eigenvalue weighted by molar-refractivity contribution is 7.26. The summed E-state index contributed by atoms with van der Waals surface area (Å²) in [5.41, 5.74) is 13.3. The molecule has 2 aliphatic rings. The number of rotatable bonds is 3. The van der Waals surface area contributed by atoms with Crippen LogP contribution < -0.4 is 10.4 Å². The van der Waals surface area contributed by atoms with E-state index < -0.39 is 0 Å². The van der Waals surface area contributed by atoms with Gasteiger partial charge < -0.3 is 0 Å². The molecule has 0 spiro atoms. The van der Waals surface area contributed by atoms with Gasteiger partial charge in [0.2, 0.25) is 0 Å². The molecule has 246 valence electrons. The molecule has 0 saturated carbocycles. The fourth-order valence-electron chi connectivity index (χ4n) is 9.61. The second-order valence-electron chi connectivity index (χ2n) is 15.0. The molecule has 1 heterocycles. The Labute approximate surface area is 307 Å². The van der Waals surface area contributed by atoms with Gasteiger partial charge in [-0.25, -0.2) is 0 Å². The molecule has 8 aromatic carbocycles. The van der Waals surface area contributed by atoms with Gasteiger partial charge >= 0.3 is 0 Å². The van der Waals surface area contributed by atoms with Crippen molar-refractivity contribution in [3.63, 3.8) is 0 Å². The third-order valence-electron chi connectivity index (χ3n) is 11.8. The maximum absolute atomic E-state index is 2.49. The Balaban J connectivity index is 1.15. The largest absolute Gasteiger partial charge is 0.134 e. The van der Waals surface area contributed by atoms with E-state index in [2.05, 4.69) is 172 Å². The molecule has 2 aliphatic carbocycles. The highest BCUT2D eigenvalue weighted by atomic mass is 32.1. The normalized spacial score (nSPS) is 14.3. The van der Waals surface area contributed by atoms with Gasteiger partial charge in [0, 0.05) is 31.2 Å². The predicted octanol–water partition coefficient (Wildman–Crippen LogP) is 13.0. The molecule has 0 aliphatic heterocycles. The van der Waals surface area contributed by atoms with Gasteiger partial charge in [0.15, 0.2) is 0 Å². The molecule has 0 radical (unpaired) electrons. The maximum atomic E-state index is 2.49. The van der Waals surface area contributed by atoms with E-state index in [9.17, 15) is 0 Å². The van der Waals surface area contributed by atoms with E-state index in [-0.39, 0.29) is 5.41 Å². The Kier molecular flexibility index (Phi) is 6.40. The van der Waals surface area contributed by atoms with Crippen LogP contribution in [0, 0.1) is 0 Å². The third-order valence-corrected chi connectivity index (χ3v) is 13.0. The van der Waals surface area contributed by atoms with Crippen LogP contribution in [0.25, 0.3) is 98.4 Å².